The number of nitrogens with one attached hydrogen (secondary N) is 2. The smallest absolute Gasteiger partial charge is 0.317 e. The van der Waals surface area contributed by atoms with Crippen LogP contribution in [0.5, 0.6) is 0 Å². The van der Waals surface area contributed by atoms with Crippen LogP contribution in [0.3, 0.4) is 0 Å². The molecule has 2 N–H and O–H groups in total. The van der Waals surface area contributed by atoms with Gasteiger partial charge in [-0.2, -0.15) is 0 Å². The maximum absolute atomic E-state index is 13.4. The number of carbonyl (C=O) groups excluding carboxylic acids is 3. The van der Waals surface area contributed by atoms with E-state index in [1.54, 1.807) is 46.2 Å². The van der Waals surface area contributed by atoms with Crippen molar-refractivity contribution in [2.75, 3.05) is 49.5 Å². The number of benzene rings is 2. The Morgan fingerprint density at radius 3 is 2.23 bits per heavy atom. The van der Waals surface area contributed by atoms with Crippen molar-refractivity contribution in [3.05, 3.63) is 58.6 Å². The lowest BCUT2D eigenvalue weighted by Crippen LogP contribution is -2.53. The fourth-order valence-electron chi connectivity index (χ4n) is 4.07. The number of hydrogen-bond acceptors (Lipinski definition) is 4. The van der Waals surface area contributed by atoms with E-state index in [2.05, 4.69) is 15.5 Å². The maximum atomic E-state index is 13.4. The molecule has 2 aromatic rings. The molecular formula is C26H34ClN5O3. The molecule has 188 valence electrons. The Hall–Kier alpha value is -3.26. The number of anilines is 2. The number of nitrogens with zero attached hydrogens (tertiary/aromatic N) is 3. The van der Waals surface area contributed by atoms with Crippen molar-refractivity contribution in [1.82, 2.24) is 15.1 Å². The molecule has 0 aliphatic carbocycles. The van der Waals surface area contributed by atoms with Gasteiger partial charge in [0.15, 0.2) is 0 Å². The summed E-state index contributed by atoms with van der Waals surface area (Å²) in [5.41, 5.74) is 2.20. The summed E-state index contributed by atoms with van der Waals surface area (Å²) < 4.78 is 0. The molecule has 0 unspecified atom stereocenters. The lowest BCUT2D eigenvalue weighted by Gasteiger charge is -2.37. The highest BCUT2D eigenvalue weighted by Gasteiger charge is 2.26. The number of hydrogen-bond donors (Lipinski definition) is 2. The fourth-order valence-corrected chi connectivity index (χ4v) is 4.30. The normalized spacial score (nSPS) is 13.5. The van der Waals surface area contributed by atoms with Gasteiger partial charge in [0.1, 0.15) is 0 Å². The van der Waals surface area contributed by atoms with Gasteiger partial charge in [0, 0.05) is 56.7 Å². The monoisotopic (exact) mass is 499 g/mol. The predicted octanol–water partition coefficient (Wildman–Crippen LogP) is 4.31. The second-order valence-electron chi connectivity index (χ2n) is 8.72. The van der Waals surface area contributed by atoms with Crippen LogP contribution in [0.1, 0.15) is 48.4 Å². The summed E-state index contributed by atoms with van der Waals surface area (Å²) in [7, 11) is 0. The Kier molecular flexibility index (Phi) is 8.98. The number of urea groups is 1. The summed E-state index contributed by atoms with van der Waals surface area (Å²) in [4.78, 5) is 44.2. The van der Waals surface area contributed by atoms with Crippen molar-refractivity contribution in [1.29, 1.82) is 0 Å². The molecule has 8 nitrogen and oxygen atoms in total. The molecule has 1 heterocycles. The summed E-state index contributed by atoms with van der Waals surface area (Å²) in [6, 6.07) is 12.2. The molecule has 9 heteroatoms. The molecule has 0 spiro atoms. The van der Waals surface area contributed by atoms with Gasteiger partial charge >= 0.3 is 6.03 Å². The first-order valence-electron chi connectivity index (χ1n) is 12.0. The van der Waals surface area contributed by atoms with Crippen LogP contribution >= 0.6 is 11.6 Å². The van der Waals surface area contributed by atoms with Gasteiger partial charge in [0.25, 0.3) is 11.8 Å². The third-order valence-corrected chi connectivity index (χ3v) is 6.30. The van der Waals surface area contributed by atoms with Crippen molar-refractivity contribution in [3.63, 3.8) is 0 Å². The minimum Gasteiger partial charge on any atom is -0.367 e. The van der Waals surface area contributed by atoms with Gasteiger partial charge in [-0.1, -0.05) is 23.7 Å². The number of piperazine rings is 1. The van der Waals surface area contributed by atoms with Gasteiger partial charge in [0.05, 0.1) is 16.1 Å². The first-order valence-corrected chi connectivity index (χ1v) is 12.4. The molecule has 4 amide bonds. The van der Waals surface area contributed by atoms with Crippen molar-refractivity contribution in [3.8, 4) is 0 Å². The predicted molar refractivity (Wildman–Crippen MR) is 141 cm³/mol. The third kappa shape index (κ3) is 6.45. The molecule has 0 atom stereocenters. The summed E-state index contributed by atoms with van der Waals surface area (Å²) in [5.74, 6) is -0.437. The summed E-state index contributed by atoms with van der Waals surface area (Å²) in [6.07, 6.45) is 0. The molecule has 0 saturated carbocycles. The van der Waals surface area contributed by atoms with E-state index in [1.807, 2.05) is 33.8 Å². The first kappa shape index (κ1) is 26.3. The van der Waals surface area contributed by atoms with Crippen LogP contribution in [0.15, 0.2) is 42.5 Å². The molecule has 2 aromatic carbocycles. The van der Waals surface area contributed by atoms with Gasteiger partial charge in [-0.05, 0) is 58.0 Å². The zero-order valence-corrected chi connectivity index (χ0v) is 21.6. The maximum Gasteiger partial charge on any atom is 0.317 e. The van der Waals surface area contributed by atoms with Crippen LogP contribution < -0.4 is 15.5 Å². The molecule has 1 aliphatic heterocycles. The van der Waals surface area contributed by atoms with E-state index in [0.717, 1.165) is 5.69 Å². The number of amides is 4. The second kappa shape index (κ2) is 11.9. The molecule has 0 radical (unpaired) electrons. The van der Waals surface area contributed by atoms with Crippen LogP contribution in [0.25, 0.3) is 0 Å². The Bertz CT molecular complexity index is 1060. The highest BCUT2D eigenvalue weighted by molar-refractivity contribution is 6.34. The standard InChI is InChI=1S/C26H34ClN5O3/c1-5-30(6-2)25(34)21-17-19(29-24(33)20-9-7-8-10-22(20)27)11-12-23(21)31-13-15-32(16-14-31)26(35)28-18(3)4/h7-12,17-18H,5-6,13-16H2,1-4H3,(H,28,35)(H,29,33). The SMILES string of the molecule is CCN(CC)C(=O)c1cc(NC(=O)c2ccccc2Cl)ccc1N1CCN(C(=O)NC(C)C)CC1. The van der Waals surface area contributed by atoms with Crippen molar-refractivity contribution >= 4 is 40.8 Å². The Morgan fingerprint density at radius 1 is 0.971 bits per heavy atom. The van der Waals surface area contributed by atoms with Crippen LogP contribution in [0, 0.1) is 0 Å². The first-order chi connectivity index (χ1) is 16.7. The Balaban J connectivity index is 1.85. The van der Waals surface area contributed by atoms with Crippen LogP contribution in [0.4, 0.5) is 16.2 Å². The van der Waals surface area contributed by atoms with Crippen LogP contribution in [-0.4, -0.2) is 73.0 Å². The quantitative estimate of drug-likeness (QED) is 0.594. The minimum absolute atomic E-state index is 0.0725. The molecule has 3 rings (SSSR count). The minimum atomic E-state index is -0.339. The third-order valence-electron chi connectivity index (χ3n) is 5.97. The molecule has 1 saturated heterocycles. The van der Waals surface area contributed by atoms with Crippen molar-refractivity contribution in [2.45, 2.75) is 33.7 Å². The molecule has 1 fully saturated rings. The summed E-state index contributed by atoms with van der Waals surface area (Å²) in [5, 5.41) is 6.16. The largest absolute Gasteiger partial charge is 0.367 e. The van der Waals surface area contributed by atoms with Gasteiger partial charge in [-0.25, -0.2) is 4.79 Å². The number of carbonyl (C=O) groups is 3. The molecule has 0 aromatic heterocycles. The lowest BCUT2D eigenvalue weighted by molar-refractivity contribution is 0.0773. The van der Waals surface area contributed by atoms with Gasteiger partial charge in [-0.3, -0.25) is 9.59 Å². The number of halogens is 1. The summed E-state index contributed by atoms with van der Waals surface area (Å²) in [6.45, 7) is 11.2. The summed E-state index contributed by atoms with van der Waals surface area (Å²) >= 11 is 6.17. The lowest BCUT2D eigenvalue weighted by atomic mass is 10.1. The molecule has 1 aliphatic rings. The van der Waals surface area contributed by atoms with Crippen molar-refractivity contribution in [2.24, 2.45) is 0 Å². The van der Waals surface area contributed by atoms with Gasteiger partial charge < -0.3 is 25.3 Å². The van der Waals surface area contributed by atoms with Crippen molar-refractivity contribution < 1.29 is 14.4 Å². The van der Waals surface area contributed by atoms with E-state index >= 15 is 0 Å². The average Bonchev–Trinajstić information content (AvgIpc) is 2.84. The fraction of sp³-hybridized carbons (Fsp3) is 0.423. The Labute approximate surface area is 212 Å². The highest BCUT2D eigenvalue weighted by atomic mass is 35.5. The zero-order chi connectivity index (χ0) is 25.5. The molecule has 35 heavy (non-hydrogen) atoms. The van der Waals surface area contributed by atoms with E-state index in [0.29, 0.717) is 61.1 Å². The van der Waals surface area contributed by atoms with Crippen LogP contribution in [-0.2, 0) is 0 Å². The number of rotatable bonds is 7. The molecular weight excluding hydrogens is 466 g/mol. The van der Waals surface area contributed by atoms with E-state index < -0.39 is 0 Å². The van der Waals surface area contributed by atoms with E-state index in [4.69, 9.17) is 11.6 Å². The van der Waals surface area contributed by atoms with E-state index in [-0.39, 0.29) is 23.9 Å². The van der Waals surface area contributed by atoms with Crippen LogP contribution in [0.2, 0.25) is 5.02 Å². The van der Waals surface area contributed by atoms with Gasteiger partial charge in [0.2, 0.25) is 0 Å². The zero-order valence-electron chi connectivity index (χ0n) is 20.8. The molecule has 0 bridgehead atoms. The van der Waals surface area contributed by atoms with E-state index in [1.165, 1.54) is 0 Å². The average molecular weight is 500 g/mol. The van der Waals surface area contributed by atoms with E-state index in [9.17, 15) is 14.4 Å². The Morgan fingerprint density at radius 2 is 1.63 bits per heavy atom. The topological polar surface area (TPSA) is 85.0 Å². The second-order valence-corrected chi connectivity index (χ2v) is 9.13. The highest BCUT2D eigenvalue weighted by Crippen LogP contribution is 2.28. The van der Waals surface area contributed by atoms with Gasteiger partial charge in [-0.15, -0.1) is 0 Å².